The van der Waals surface area contributed by atoms with Crippen LogP contribution in [0.2, 0.25) is 0 Å². The fraction of sp³-hybridized carbons (Fsp3) is 0.188. The summed E-state index contributed by atoms with van der Waals surface area (Å²) in [5.41, 5.74) is 2.05. The van der Waals surface area contributed by atoms with Gasteiger partial charge in [-0.1, -0.05) is 48.0 Å². The number of aliphatic imine (C=N–C) groups is 1. The number of rotatable bonds is 4. The summed E-state index contributed by atoms with van der Waals surface area (Å²) < 4.78 is 26.8. The molecule has 1 N–H and O–H groups in total. The molecular formula is C16H18N2O2S. The normalized spacial score (nSPS) is 12.2. The first-order valence-electron chi connectivity index (χ1n) is 6.62. The minimum absolute atomic E-state index is 0.238. The van der Waals surface area contributed by atoms with E-state index in [1.165, 1.54) is 0 Å². The Kier molecular flexibility index (Phi) is 4.75. The van der Waals surface area contributed by atoms with Crippen LogP contribution in [-0.4, -0.2) is 14.3 Å². The van der Waals surface area contributed by atoms with Gasteiger partial charge in [0.2, 0.25) is 0 Å². The van der Waals surface area contributed by atoms with E-state index in [0.29, 0.717) is 12.4 Å². The van der Waals surface area contributed by atoms with Gasteiger partial charge in [0.15, 0.2) is 0 Å². The Bertz CT molecular complexity index is 721. The standard InChI is InChI=1S/C16H18N2O2S/c1-13-8-10-16(11-9-13)21(19,20)18-14(2)17-12-15-6-4-3-5-7-15/h3-11H,12H2,1-2H3,(H,17,18). The smallest absolute Gasteiger partial charge is 0.262 e. The zero-order chi connectivity index (χ0) is 15.3. The molecule has 0 saturated heterocycles. The molecule has 0 bridgehead atoms. The van der Waals surface area contributed by atoms with Crippen LogP contribution in [-0.2, 0) is 16.6 Å². The van der Waals surface area contributed by atoms with E-state index in [4.69, 9.17) is 0 Å². The molecule has 0 aromatic heterocycles. The van der Waals surface area contributed by atoms with Gasteiger partial charge in [0, 0.05) is 0 Å². The SMILES string of the molecule is CC(=NCc1ccccc1)NS(=O)(=O)c1ccc(C)cc1. The highest BCUT2D eigenvalue weighted by atomic mass is 32.2. The predicted octanol–water partition coefficient (Wildman–Crippen LogP) is 2.89. The summed E-state index contributed by atoms with van der Waals surface area (Å²) in [6, 6.07) is 16.4. The van der Waals surface area contributed by atoms with Crippen molar-refractivity contribution in [2.24, 2.45) is 4.99 Å². The quantitative estimate of drug-likeness (QED) is 0.697. The van der Waals surface area contributed by atoms with E-state index in [1.807, 2.05) is 37.3 Å². The molecular weight excluding hydrogens is 284 g/mol. The highest BCUT2D eigenvalue weighted by molar-refractivity contribution is 7.90. The van der Waals surface area contributed by atoms with Crippen LogP contribution in [0.4, 0.5) is 0 Å². The Balaban J connectivity index is 2.07. The van der Waals surface area contributed by atoms with Crippen molar-refractivity contribution in [3.63, 3.8) is 0 Å². The van der Waals surface area contributed by atoms with Crippen molar-refractivity contribution in [3.05, 3.63) is 65.7 Å². The molecule has 4 nitrogen and oxygen atoms in total. The van der Waals surface area contributed by atoms with Gasteiger partial charge in [-0.25, -0.2) is 8.42 Å². The van der Waals surface area contributed by atoms with Gasteiger partial charge in [-0.15, -0.1) is 0 Å². The Morgan fingerprint density at radius 1 is 1.05 bits per heavy atom. The van der Waals surface area contributed by atoms with Crippen LogP contribution < -0.4 is 4.72 Å². The summed E-state index contributed by atoms with van der Waals surface area (Å²) in [5, 5.41) is 0. The fourth-order valence-electron chi connectivity index (χ4n) is 1.80. The van der Waals surface area contributed by atoms with E-state index < -0.39 is 10.0 Å². The maximum Gasteiger partial charge on any atom is 0.262 e. The summed E-state index contributed by atoms with van der Waals surface area (Å²) in [6.07, 6.45) is 0. The molecule has 0 spiro atoms. The molecule has 0 fully saturated rings. The molecule has 5 heteroatoms. The van der Waals surface area contributed by atoms with Gasteiger partial charge >= 0.3 is 0 Å². The van der Waals surface area contributed by atoms with E-state index in [-0.39, 0.29) is 4.90 Å². The van der Waals surface area contributed by atoms with Crippen LogP contribution in [0.25, 0.3) is 0 Å². The van der Waals surface area contributed by atoms with Gasteiger partial charge in [-0.3, -0.25) is 9.71 Å². The molecule has 0 atom stereocenters. The van der Waals surface area contributed by atoms with Gasteiger partial charge < -0.3 is 0 Å². The number of sulfonamides is 1. The van der Waals surface area contributed by atoms with Gasteiger partial charge in [0.25, 0.3) is 10.0 Å². The molecule has 2 aromatic carbocycles. The summed E-state index contributed by atoms with van der Waals surface area (Å²) in [6.45, 7) is 4.01. The van der Waals surface area contributed by atoms with Gasteiger partial charge in [-0.2, -0.15) is 0 Å². The summed E-state index contributed by atoms with van der Waals surface area (Å²) in [7, 11) is -3.56. The summed E-state index contributed by atoms with van der Waals surface area (Å²) >= 11 is 0. The van der Waals surface area contributed by atoms with Gasteiger partial charge in [0.1, 0.15) is 5.84 Å². The lowest BCUT2D eigenvalue weighted by molar-refractivity contribution is 0.592. The third-order valence-electron chi connectivity index (χ3n) is 2.95. The lowest BCUT2D eigenvalue weighted by Gasteiger charge is -2.08. The molecule has 2 rings (SSSR count). The molecule has 0 amide bonds. The molecule has 0 aliphatic carbocycles. The molecule has 2 aromatic rings. The second kappa shape index (κ2) is 6.54. The first-order chi connectivity index (χ1) is 9.97. The minimum atomic E-state index is -3.56. The Hall–Kier alpha value is -2.14. The molecule has 0 heterocycles. The molecule has 0 aliphatic rings. The van der Waals surface area contributed by atoms with E-state index in [0.717, 1.165) is 11.1 Å². The summed E-state index contributed by atoms with van der Waals surface area (Å²) in [5.74, 6) is 0.374. The Morgan fingerprint density at radius 2 is 1.67 bits per heavy atom. The van der Waals surface area contributed by atoms with Crippen LogP contribution in [0.5, 0.6) is 0 Å². The average molecular weight is 302 g/mol. The number of hydrogen-bond acceptors (Lipinski definition) is 3. The zero-order valence-electron chi connectivity index (χ0n) is 12.1. The van der Waals surface area contributed by atoms with Crippen molar-refractivity contribution in [2.45, 2.75) is 25.3 Å². The van der Waals surface area contributed by atoms with Crippen molar-refractivity contribution < 1.29 is 8.42 Å². The van der Waals surface area contributed by atoms with Crippen LogP contribution in [0.15, 0.2) is 64.5 Å². The topological polar surface area (TPSA) is 58.5 Å². The number of nitrogens with one attached hydrogen (secondary N) is 1. The zero-order valence-corrected chi connectivity index (χ0v) is 12.9. The Morgan fingerprint density at radius 3 is 2.29 bits per heavy atom. The molecule has 21 heavy (non-hydrogen) atoms. The first-order valence-corrected chi connectivity index (χ1v) is 8.10. The lowest BCUT2D eigenvalue weighted by Crippen LogP contribution is -2.28. The highest BCUT2D eigenvalue weighted by Gasteiger charge is 2.13. The monoisotopic (exact) mass is 302 g/mol. The van der Waals surface area contributed by atoms with Crippen LogP contribution >= 0.6 is 0 Å². The van der Waals surface area contributed by atoms with Crippen LogP contribution in [0.1, 0.15) is 18.1 Å². The molecule has 0 unspecified atom stereocenters. The number of amidine groups is 1. The second-order valence-electron chi connectivity index (χ2n) is 4.81. The van der Waals surface area contributed by atoms with Crippen molar-refractivity contribution in [2.75, 3.05) is 0 Å². The van der Waals surface area contributed by atoms with Crippen molar-refractivity contribution in [3.8, 4) is 0 Å². The average Bonchev–Trinajstić information content (AvgIpc) is 2.46. The predicted molar refractivity (Wildman–Crippen MR) is 84.8 cm³/mol. The van der Waals surface area contributed by atoms with Gasteiger partial charge in [-0.05, 0) is 31.5 Å². The number of hydrogen-bond donors (Lipinski definition) is 1. The van der Waals surface area contributed by atoms with Crippen molar-refractivity contribution in [1.82, 2.24) is 4.72 Å². The van der Waals surface area contributed by atoms with E-state index in [9.17, 15) is 8.42 Å². The second-order valence-corrected chi connectivity index (χ2v) is 6.49. The van der Waals surface area contributed by atoms with E-state index >= 15 is 0 Å². The largest absolute Gasteiger partial charge is 0.267 e. The third-order valence-corrected chi connectivity index (χ3v) is 4.41. The molecule has 110 valence electrons. The van der Waals surface area contributed by atoms with Crippen LogP contribution in [0, 0.1) is 6.92 Å². The number of benzene rings is 2. The van der Waals surface area contributed by atoms with Crippen LogP contribution in [0.3, 0.4) is 0 Å². The van der Waals surface area contributed by atoms with E-state index in [1.54, 1.807) is 31.2 Å². The first kappa shape index (κ1) is 15.3. The van der Waals surface area contributed by atoms with Gasteiger partial charge in [0.05, 0.1) is 11.4 Å². The molecule has 0 saturated carbocycles. The molecule has 0 radical (unpaired) electrons. The molecule has 0 aliphatic heterocycles. The minimum Gasteiger partial charge on any atom is -0.267 e. The Labute approximate surface area is 125 Å². The fourth-order valence-corrected chi connectivity index (χ4v) is 2.86. The van der Waals surface area contributed by atoms with E-state index in [2.05, 4.69) is 9.71 Å². The number of nitrogens with zero attached hydrogens (tertiary/aromatic N) is 1. The maximum absolute atomic E-state index is 12.2. The lowest BCUT2D eigenvalue weighted by atomic mass is 10.2. The van der Waals surface area contributed by atoms with Crippen molar-refractivity contribution >= 4 is 15.9 Å². The summed E-state index contributed by atoms with van der Waals surface area (Å²) in [4.78, 5) is 4.49. The van der Waals surface area contributed by atoms with Crippen molar-refractivity contribution in [1.29, 1.82) is 0 Å². The number of aryl methyl sites for hydroxylation is 1. The highest BCUT2D eigenvalue weighted by Crippen LogP contribution is 2.10. The third kappa shape index (κ3) is 4.43. The maximum atomic E-state index is 12.2.